The molecule has 1 atom stereocenters. The molecule has 1 aromatic carbocycles. The van der Waals surface area contributed by atoms with Gasteiger partial charge in [-0.05, 0) is 31.4 Å². The van der Waals surface area contributed by atoms with Gasteiger partial charge in [0.05, 0.1) is 6.42 Å². The van der Waals surface area contributed by atoms with Crippen LogP contribution in [0.5, 0.6) is 0 Å². The van der Waals surface area contributed by atoms with E-state index in [4.69, 9.17) is 5.73 Å². The summed E-state index contributed by atoms with van der Waals surface area (Å²) in [5, 5.41) is 2.95. The van der Waals surface area contributed by atoms with Gasteiger partial charge in [0, 0.05) is 12.6 Å². The minimum atomic E-state index is 0.0519. The van der Waals surface area contributed by atoms with Crippen molar-refractivity contribution in [2.75, 3.05) is 6.54 Å². The Morgan fingerprint density at radius 3 is 2.71 bits per heavy atom. The van der Waals surface area contributed by atoms with Crippen molar-refractivity contribution >= 4 is 5.91 Å². The van der Waals surface area contributed by atoms with Crippen LogP contribution in [0.15, 0.2) is 18.2 Å². The fourth-order valence-electron chi connectivity index (χ4n) is 1.77. The SMILES string of the molecule is CCC(CN)NC(=O)Cc1cc(C)ccc1C. The number of aryl methyl sites for hydroxylation is 2. The van der Waals surface area contributed by atoms with Crippen LogP contribution in [0.25, 0.3) is 0 Å². The standard InChI is InChI=1S/C14H22N2O/c1-4-13(9-15)16-14(17)8-12-7-10(2)5-6-11(12)3/h5-7,13H,4,8-9,15H2,1-3H3,(H,16,17). The minimum absolute atomic E-state index is 0.0519. The van der Waals surface area contributed by atoms with Crippen LogP contribution in [0, 0.1) is 13.8 Å². The van der Waals surface area contributed by atoms with Gasteiger partial charge in [-0.15, -0.1) is 0 Å². The topological polar surface area (TPSA) is 55.1 Å². The van der Waals surface area contributed by atoms with E-state index in [2.05, 4.69) is 23.5 Å². The predicted molar refractivity (Wildman–Crippen MR) is 70.9 cm³/mol. The van der Waals surface area contributed by atoms with E-state index in [1.54, 1.807) is 0 Å². The number of carbonyl (C=O) groups is 1. The summed E-state index contributed by atoms with van der Waals surface area (Å²) in [4.78, 5) is 11.8. The molecule has 0 aliphatic heterocycles. The molecule has 3 nitrogen and oxygen atoms in total. The third kappa shape index (κ3) is 4.19. The van der Waals surface area contributed by atoms with E-state index in [0.717, 1.165) is 17.5 Å². The van der Waals surface area contributed by atoms with Gasteiger partial charge < -0.3 is 11.1 Å². The second kappa shape index (κ2) is 6.40. The van der Waals surface area contributed by atoms with Gasteiger partial charge in [0.1, 0.15) is 0 Å². The number of nitrogens with one attached hydrogen (secondary N) is 1. The maximum absolute atomic E-state index is 11.8. The molecule has 3 heteroatoms. The first-order valence-corrected chi connectivity index (χ1v) is 6.12. The average Bonchev–Trinajstić information content (AvgIpc) is 2.31. The van der Waals surface area contributed by atoms with Crippen LogP contribution >= 0.6 is 0 Å². The Bertz CT molecular complexity index is 384. The quantitative estimate of drug-likeness (QED) is 0.814. The van der Waals surface area contributed by atoms with E-state index in [9.17, 15) is 4.79 Å². The summed E-state index contributed by atoms with van der Waals surface area (Å²) in [5.74, 6) is 0.0519. The number of nitrogens with two attached hydrogens (primary N) is 1. The first-order chi connectivity index (χ1) is 8.06. The summed E-state index contributed by atoms with van der Waals surface area (Å²) >= 11 is 0. The molecule has 0 aliphatic carbocycles. The van der Waals surface area contributed by atoms with Gasteiger partial charge >= 0.3 is 0 Å². The third-order valence-corrected chi connectivity index (χ3v) is 3.00. The van der Waals surface area contributed by atoms with E-state index in [1.807, 2.05) is 20.8 Å². The van der Waals surface area contributed by atoms with Crippen LogP contribution in [-0.2, 0) is 11.2 Å². The molecule has 0 bridgehead atoms. The normalized spacial score (nSPS) is 12.2. The number of hydrogen-bond donors (Lipinski definition) is 2. The van der Waals surface area contributed by atoms with Gasteiger partial charge in [-0.2, -0.15) is 0 Å². The fourth-order valence-corrected chi connectivity index (χ4v) is 1.77. The van der Waals surface area contributed by atoms with Gasteiger partial charge in [-0.1, -0.05) is 30.7 Å². The molecule has 17 heavy (non-hydrogen) atoms. The van der Waals surface area contributed by atoms with Crippen LogP contribution in [0.2, 0.25) is 0 Å². The molecule has 0 spiro atoms. The van der Waals surface area contributed by atoms with Crippen molar-refractivity contribution in [2.45, 2.75) is 39.7 Å². The molecule has 0 fully saturated rings. The zero-order chi connectivity index (χ0) is 12.8. The lowest BCUT2D eigenvalue weighted by Crippen LogP contribution is -2.40. The van der Waals surface area contributed by atoms with Crippen molar-refractivity contribution in [2.24, 2.45) is 5.73 Å². The van der Waals surface area contributed by atoms with E-state index in [-0.39, 0.29) is 11.9 Å². The third-order valence-electron chi connectivity index (χ3n) is 3.00. The molecule has 1 unspecified atom stereocenters. The Morgan fingerprint density at radius 2 is 2.12 bits per heavy atom. The lowest BCUT2D eigenvalue weighted by atomic mass is 10.0. The molecular formula is C14H22N2O. The largest absolute Gasteiger partial charge is 0.352 e. The Balaban J connectivity index is 2.64. The molecule has 0 heterocycles. The van der Waals surface area contributed by atoms with E-state index < -0.39 is 0 Å². The Labute approximate surface area is 103 Å². The zero-order valence-electron chi connectivity index (χ0n) is 10.9. The molecule has 0 saturated carbocycles. The van der Waals surface area contributed by atoms with Crippen molar-refractivity contribution in [3.63, 3.8) is 0 Å². The fraction of sp³-hybridized carbons (Fsp3) is 0.500. The van der Waals surface area contributed by atoms with Crippen LogP contribution in [-0.4, -0.2) is 18.5 Å². The number of rotatable bonds is 5. The number of amides is 1. The Kier molecular flexibility index (Phi) is 5.16. The van der Waals surface area contributed by atoms with Crippen molar-refractivity contribution in [1.82, 2.24) is 5.32 Å². The van der Waals surface area contributed by atoms with Crippen molar-refractivity contribution < 1.29 is 4.79 Å². The lowest BCUT2D eigenvalue weighted by Gasteiger charge is -2.15. The average molecular weight is 234 g/mol. The molecule has 94 valence electrons. The highest BCUT2D eigenvalue weighted by atomic mass is 16.1. The van der Waals surface area contributed by atoms with Crippen molar-refractivity contribution in [3.05, 3.63) is 34.9 Å². The molecule has 1 aromatic rings. The maximum atomic E-state index is 11.8. The summed E-state index contributed by atoms with van der Waals surface area (Å²) < 4.78 is 0. The highest BCUT2D eigenvalue weighted by Gasteiger charge is 2.10. The van der Waals surface area contributed by atoms with Gasteiger partial charge in [-0.25, -0.2) is 0 Å². The summed E-state index contributed by atoms with van der Waals surface area (Å²) in [6, 6.07) is 6.27. The molecular weight excluding hydrogens is 212 g/mol. The molecule has 0 radical (unpaired) electrons. The van der Waals surface area contributed by atoms with Gasteiger partial charge in [0.2, 0.25) is 5.91 Å². The summed E-state index contributed by atoms with van der Waals surface area (Å²) in [5.41, 5.74) is 9.00. The highest BCUT2D eigenvalue weighted by molar-refractivity contribution is 5.79. The summed E-state index contributed by atoms with van der Waals surface area (Å²) in [7, 11) is 0. The van der Waals surface area contributed by atoms with Gasteiger partial charge in [0.15, 0.2) is 0 Å². The predicted octanol–water partition coefficient (Wildman–Crippen LogP) is 1.70. The number of benzene rings is 1. The Hall–Kier alpha value is -1.35. The second-order valence-electron chi connectivity index (χ2n) is 4.52. The minimum Gasteiger partial charge on any atom is -0.352 e. The zero-order valence-corrected chi connectivity index (χ0v) is 10.9. The van der Waals surface area contributed by atoms with Gasteiger partial charge in [0.25, 0.3) is 0 Å². The first kappa shape index (κ1) is 13.7. The van der Waals surface area contributed by atoms with Crippen LogP contribution in [0.1, 0.15) is 30.0 Å². The smallest absolute Gasteiger partial charge is 0.224 e. The van der Waals surface area contributed by atoms with Crippen molar-refractivity contribution in [3.8, 4) is 0 Å². The molecule has 1 rings (SSSR count). The molecule has 1 amide bonds. The summed E-state index contributed by atoms with van der Waals surface area (Å²) in [6.45, 7) is 6.59. The number of carbonyl (C=O) groups excluding carboxylic acids is 1. The van der Waals surface area contributed by atoms with E-state index in [0.29, 0.717) is 13.0 Å². The van der Waals surface area contributed by atoms with Crippen LogP contribution in [0.3, 0.4) is 0 Å². The monoisotopic (exact) mass is 234 g/mol. The van der Waals surface area contributed by atoms with Crippen LogP contribution in [0.4, 0.5) is 0 Å². The van der Waals surface area contributed by atoms with Crippen molar-refractivity contribution in [1.29, 1.82) is 0 Å². The van der Waals surface area contributed by atoms with Gasteiger partial charge in [-0.3, -0.25) is 4.79 Å². The van der Waals surface area contributed by atoms with E-state index >= 15 is 0 Å². The molecule has 0 aromatic heterocycles. The highest BCUT2D eigenvalue weighted by Crippen LogP contribution is 2.11. The molecule has 0 saturated heterocycles. The number of hydrogen-bond acceptors (Lipinski definition) is 2. The second-order valence-corrected chi connectivity index (χ2v) is 4.52. The Morgan fingerprint density at radius 1 is 1.41 bits per heavy atom. The van der Waals surface area contributed by atoms with Crippen LogP contribution < -0.4 is 11.1 Å². The molecule has 3 N–H and O–H groups in total. The first-order valence-electron chi connectivity index (χ1n) is 6.12. The lowest BCUT2D eigenvalue weighted by molar-refractivity contribution is -0.121. The maximum Gasteiger partial charge on any atom is 0.224 e. The summed E-state index contributed by atoms with van der Waals surface area (Å²) in [6.07, 6.45) is 1.30. The molecule has 0 aliphatic rings. The van der Waals surface area contributed by atoms with E-state index in [1.165, 1.54) is 5.56 Å².